The van der Waals surface area contributed by atoms with Crippen LogP contribution in [0.3, 0.4) is 0 Å². The number of hydrogen-bond acceptors (Lipinski definition) is 6. The minimum absolute atomic E-state index is 0.0408. The fourth-order valence-electron chi connectivity index (χ4n) is 3.25. The van der Waals surface area contributed by atoms with Gasteiger partial charge < -0.3 is 15.0 Å². The molecule has 1 aromatic carbocycles. The fraction of sp³-hybridized carbons (Fsp3) is 0.353. The molecule has 0 saturated carbocycles. The maximum atomic E-state index is 6.06. The number of aromatic amines is 1. The lowest BCUT2D eigenvalue weighted by Gasteiger charge is -2.39. The first-order valence-electron chi connectivity index (χ1n) is 8.07. The maximum absolute atomic E-state index is 6.06. The van der Waals surface area contributed by atoms with E-state index in [1.54, 1.807) is 6.33 Å². The first kappa shape index (κ1) is 15.0. The van der Waals surface area contributed by atoms with E-state index in [1.165, 1.54) is 11.9 Å². The largest absolute Gasteiger partial charge is 0.373 e. The number of benzene rings is 1. The molecule has 24 heavy (non-hydrogen) atoms. The zero-order valence-electron chi connectivity index (χ0n) is 13.5. The summed E-state index contributed by atoms with van der Waals surface area (Å²) in [5, 5.41) is 3.39. The number of rotatable bonds is 4. The summed E-state index contributed by atoms with van der Waals surface area (Å²) in [4.78, 5) is 18.0. The summed E-state index contributed by atoms with van der Waals surface area (Å²) in [7, 11) is 2.14. The van der Waals surface area contributed by atoms with Crippen molar-refractivity contribution in [1.29, 1.82) is 0 Å². The van der Waals surface area contributed by atoms with Crippen LogP contribution in [0.25, 0.3) is 11.2 Å². The molecule has 0 unspecified atom stereocenters. The van der Waals surface area contributed by atoms with Crippen LogP contribution in [0.15, 0.2) is 43.0 Å². The standard InChI is InChI=1S/C17H20N6O/c1-23-7-8-24-13(15(23)12-5-3-2-4-6-12)9-18-16-14-17(20-10-19-14)22-11-21-16/h2-6,10-11,13,15H,7-9H2,1H3,(H2,18,19,20,21,22)/t13-,15-/m0/s1. The van der Waals surface area contributed by atoms with Crippen molar-refractivity contribution in [3.05, 3.63) is 48.5 Å². The lowest BCUT2D eigenvalue weighted by Crippen LogP contribution is -2.46. The highest BCUT2D eigenvalue weighted by Gasteiger charge is 2.31. The van der Waals surface area contributed by atoms with Crippen LogP contribution in [-0.2, 0) is 4.74 Å². The van der Waals surface area contributed by atoms with Gasteiger partial charge in [0, 0.05) is 13.1 Å². The van der Waals surface area contributed by atoms with Crippen LogP contribution < -0.4 is 5.32 Å². The van der Waals surface area contributed by atoms with Gasteiger partial charge in [0.05, 0.1) is 25.1 Å². The fourth-order valence-corrected chi connectivity index (χ4v) is 3.25. The van der Waals surface area contributed by atoms with E-state index in [-0.39, 0.29) is 12.1 Å². The second-order valence-corrected chi connectivity index (χ2v) is 5.95. The van der Waals surface area contributed by atoms with Gasteiger partial charge in [-0.2, -0.15) is 0 Å². The van der Waals surface area contributed by atoms with Gasteiger partial charge in [-0.3, -0.25) is 4.90 Å². The normalized spacial score (nSPS) is 21.9. The number of hydrogen-bond donors (Lipinski definition) is 2. The Morgan fingerprint density at radius 3 is 3.00 bits per heavy atom. The van der Waals surface area contributed by atoms with Gasteiger partial charge in [-0.15, -0.1) is 0 Å². The van der Waals surface area contributed by atoms with Gasteiger partial charge in [-0.25, -0.2) is 15.0 Å². The molecule has 4 rings (SSSR count). The van der Waals surface area contributed by atoms with Gasteiger partial charge >= 0.3 is 0 Å². The average Bonchev–Trinajstić information content (AvgIpc) is 3.10. The third-order valence-corrected chi connectivity index (χ3v) is 4.44. The van der Waals surface area contributed by atoms with Gasteiger partial charge in [-0.1, -0.05) is 30.3 Å². The molecule has 0 bridgehead atoms. The molecule has 1 aliphatic rings. The monoisotopic (exact) mass is 324 g/mol. The van der Waals surface area contributed by atoms with Gasteiger partial charge in [0.15, 0.2) is 11.5 Å². The van der Waals surface area contributed by atoms with Gasteiger partial charge in [0.1, 0.15) is 11.8 Å². The summed E-state index contributed by atoms with van der Waals surface area (Å²) in [6, 6.07) is 10.7. The second-order valence-electron chi connectivity index (χ2n) is 5.95. The Morgan fingerprint density at radius 1 is 1.25 bits per heavy atom. The summed E-state index contributed by atoms with van der Waals surface area (Å²) in [6.45, 7) is 2.32. The second kappa shape index (κ2) is 6.54. The maximum Gasteiger partial charge on any atom is 0.182 e. The predicted octanol–water partition coefficient (Wildman–Crippen LogP) is 1.84. The first-order valence-corrected chi connectivity index (χ1v) is 8.07. The third kappa shape index (κ3) is 2.83. The van der Waals surface area contributed by atoms with Crippen molar-refractivity contribution >= 4 is 17.0 Å². The molecule has 2 aromatic heterocycles. The minimum atomic E-state index is 0.0408. The molecule has 2 atom stereocenters. The topological polar surface area (TPSA) is 79.0 Å². The molecule has 7 nitrogen and oxygen atoms in total. The number of anilines is 1. The molecule has 1 fully saturated rings. The number of imidazole rings is 1. The molecule has 0 radical (unpaired) electrons. The van der Waals surface area contributed by atoms with Crippen LogP contribution in [0, 0.1) is 0 Å². The number of nitrogens with one attached hydrogen (secondary N) is 2. The average molecular weight is 324 g/mol. The van der Waals surface area contributed by atoms with E-state index in [0.29, 0.717) is 12.2 Å². The summed E-state index contributed by atoms with van der Waals surface area (Å²) in [5.41, 5.74) is 2.74. The van der Waals surface area contributed by atoms with Crippen molar-refractivity contribution in [3.63, 3.8) is 0 Å². The van der Waals surface area contributed by atoms with Gasteiger partial charge in [0.2, 0.25) is 0 Å². The molecular weight excluding hydrogens is 304 g/mol. The van der Waals surface area contributed by atoms with Crippen LogP contribution >= 0.6 is 0 Å². The highest BCUT2D eigenvalue weighted by molar-refractivity contribution is 5.81. The lowest BCUT2D eigenvalue weighted by atomic mass is 9.98. The lowest BCUT2D eigenvalue weighted by molar-refractivity contribution is -0.0556. The number of ether oxygens (including phenoxy) is 1. The van der Waals surface area contributed by atoms with Crippen molar-refractivity contribution < 1.29 is 4.74 Å². The summed E-state index contributed by atoms with van der Waals surface area (Å²) in [6.07, 6.45) is 3.19. The van der Waals surface area contributed by atoms with Gasteiger partial charge in [-0.05, 0) is 12.6 Å². The van der Waals surface area contributed by atoms with E-state index >= 15 is 0 Å². The summed E-state index contributed by atoms with van der Waals surface area (Å²) >= 11 is 0. The van der Waals surface area contributed by atoms with E-state index < -0.39 is 0 Å². The van der Waals surface area contributed by atoms with E-state index in [4.69, 9.17) is 4.74 Å². The Balaban J connectivity index is 1.54. The van der Waals surface area contributed by atoms with E-state index in [2.05, 4.69) is 61.5 Å². The van der Waals surface area contributed by atoms with E-state index in [0.717, 1.165) is 24.5 Å². The van der Waals surface area contributed by atoms with Crippen LogP contribution in [0.1, 0.15) is 11.6 Å². The molecule has 3 heterocycles. The van der Waals surface area contributed by atoms with Crippen molar-refractivity contribution in [2.75, 3.05) is 32.1 Å². The molecule has 0 aliphatic carbocycles. The van der Waals surface area contributed by atoms with Crippen LogP contribution in [0.2, 0.25) is 0 Å². The van der Waals surface area contributed by atoms with E-state index in [9.17, 15) is 0 Å². The SMILES string of the molecule is CN1CCO[C@@H](CNc2ncnc3nc[nH]c23)[C@@H]1c1ccccc1. The number of H-pyrrole nitrogens is 1. The quantitative estimate of drug-likeness (QED) is 0.762. The van der Waals surface area contributed by atoms with Crippen molar-refractivity contribution in [2.24, 2.45) is 0 Å². The van der Waals surface area contributed by atoms with Crippen molar-refractivity contribution in [3.8, 4) is 0 Å². The summed E-state index contributed by atoms with van der Waals surface area (Å²) in [5.74, 6) is 0.751. The number of likely N-dealkylation sites (N-methyl/N-ethyl adjacent to an activating group) is 1. The number of nitrogens with zero attached hydrogens (tertiary/aromatic N) is 4. The Labute approximate surface area is 140 Å². The van der Waals surface area contributed by atoms with E-state index in [1.807, 2.05) is 6.07 Å². The predicted molar refractivity (Wildman–Crippen MR) is 91.7 cm³/mol. The van der Waals surface area contributed by atoms with Crippen LogP contribution in [-0.4, -0.2) is 57.7 Å². The highest BCUT2D eigenvalue weighted by Crippen LogP contribution is 2.28. The van der Waals surface area contributed by atoms with Crippen molar-refractivity contribution in [2.45, 2.75) is 12.1 Å². The van der Waals surface area contributed by atoms with Gasteiger partial charge in [0.25, 0.3) is 0 Å². The van der Waals surface area contributed by atoms with Crippen LogP contribution in [0.4, 0.5) is 5.82 Å². The minimum Gasteiger partial charge on any atom is -0.373 e. The molecule has 3 aromatic rings. The molecule has 0 spiro atoms. The summed E-state index contributed by atoms with van der Waals surface area (Å²) < 4.78 is 6.06. The molecule has 7 heteroatoms. The molecule has 0 amide bonds. The number of aromatic nitrogens is 4. The zero-order chi connectivity index (χ0) is 16.4. The molecule has 2 N–H and O–H groups in total. The number of morpholine rings is 1. The third-order valence-electron chi connectivity index (χ3n) is 4.44. The Morgan fingerprint density at radius 2 is 2.12 bits per heavy atom. The Kier molecular flexibility index (Phi) is 4.10. The van der Waals surface area contributed by atoms with Crippen LogP contribution in [0.5, 0.6) is 0 Å². The number of fused-ring (bicyclic) bond motifs is 1. The molecular formula is C17H20N6O. The molecule has 1 aliphatic heterocycles. The van der Waals surface area contributed by atoms with Crippen molar-refractivity contribution in [1.82, 2.24) is 24.8 Å². The smallest absolute Gasteiger partial charge is 0.182 e. The Hall–Kier alpha value is -2.51. The zero-order valence-corrected chi connectivity index (χ0v) is 13.5. The first-order chi connectivity index (χ1) is 11.8. The highest BCUT2D eigenvalue weighted by atomic mass is 16.5. The Bertz CT molecular complexity index is 805. The molecule has 124 valence electrons. The molecule has 1 saturated heterocycles.